The smallest absolute Gasteiger partial charge is 0.359 e. The second-order valence-corrected chi connectivity index (χ2v) is 7.64. The molecule has 8 nitrogen and oxygen atoms in total. The Hall–Kier alpha value is -3.72. The first-order chi connectivity index (χ1) is 14.7. The van der Waals surface area contributed by atoms with Crippen LogP contribution in [0, 0.1) is 0 Å². The minimum atomic E-state index is -0.669. The third-order valence-electron chi connectivity index (χ3n) is 4.83. The van der Waals surface area contributed by atoms with Gasteiger partial charge in [-0.25, -0.2) is 9.80 Å². The van der Waals surface area contributed by atoms with E-state index in [2.05, 4.69) is 15.3 Å². The Labute approximate surface area is 174 Å². The number of furan rings is 1. The molecule has 0 spiro atoms. The van der Waals surface area contributed by atoms with Crippen LogP contribution in [0.5, 0.6) is 0 Å². The third kappa shape index (κ3) is 3.29. The first-order valence-corrected chi connectivity index (χ1v) is 10.2. The summed E-state index contributed by atoms with van der Waals surface area (Å²) in [4.78, 5) is 26.3. The van der Waals surface area contributed by atoms with Crippen molar-refractivity contribution in [3.63, 3.8) is 0 Å². The highest BCUT2D eigenvalue weighted by molar-refractivity contribution is 7.12. The average molecular weight is 420 g/mol. The van der Waals surface area contributed by atoms with E-state index in [-0.39, 0.29) is 11.7 Å². The lowest BCUT2D eigenvalue weighted by atomic mass is 10.1. The van der Waals surface area contributed by atoms with E-state index in [0.717, 1.165) is 16.1 Å². The zero-order chi connectivity index (χ0) is 20.5. The Kier molecular flexibility index (Phi) is 4.64. The number of aromatic nitrogens is 2. The van der Waals surface area contributed by atoms with Crippen LogP contribution in [0.1, 0.15) is 33.6 Å². The van der Waals surface area contributed by atoms with Crippen molar-refractivity contribution in [3.05, 3.63) is 76.5 Å². The van der Waals surface area contributed by atoms with Crippen LogP contribution in [0.4, 0.5) is 0 Å². The van der Waals surface area contributed by atoms with Crippen molar-refractivity contribution in [1.82, 2.24) is 15.2 Å². The summed E-state index contributed by atoms with van der Waals surface area (Å²) >= 11 is 1.55. The summed E-state index contributed by atoms with van der Waals surface area (Å²) in [5.41, 5.74) is 1.66. The highest BCUT2D eigenvalue weighted by Gasteiger charge is 2.35. The number of H-pyrrole nitrogens is 1. The topological polar surface area (TPSA) is 101 Å². The molecule has 4 heterocycles. The number of aromatic amines is 1. The van der Waals surface area contributed by atoms with E-state index in [1.165, 1.54) is 5.01 Å². The fourth-order valence-corrected chi connectivity index (χ4v) is 4.14. The largest absolute Gasteiger partial charge is 0.467 e. The zero-order valence-corrected chi connectivity index (χ0v) is 16.5. The molecule has 5 rings (SSSR count). The molecule has 1 aromatic carbocycles. The number of esters is 1. The molecule has 3 aromatic heterocycles. The van der Waals surface area contributed by atoms with Crippen LogP contribution in [-0.4, -0.2) is 39.4 Å². The van der Waals surface area contributed by atoms with E-state index < -0.39 is 18.5 Å². The number of thiophene rings is 1. The molecule has 1 amide bonds. The van der Waals surface area contributed by atoms with E-state index in [9.17, 15) is 9.59 Å². The minimum Gasteiger partial charge on any atom is -0.467 e. The van der Waals surface area contributed by atoms with E-state index in [1.807, 2.05) is 29.6 Å². The normalized spacial score (nSPS) is 16.1. The maximum absolute atomic E-state index is 12.9. The Balaban J connectivity index is 1.34. The van der Waals surface area contributed by atoms with Crippen molar-refractivity contribution in [3.8, 4) is 0 Å². The molecule has 0 fully saturated rings. The lowest BCUT2D eigenvalue weighted by Gasteiger charge is -2.19. The van der Waals surface area contributed by atoms with Gasteiger partial charge in [-0.2, -0.15) is 10.2 Å². The number of ether oxygens (including phenoxy) is 1. The molecule has 150 valence electrons. The van der Waals surface area contributed by atoms with E-state index >= 15 is 0 Å². The zero-order valence-electron chi connectivity index (χ0n) is 15.6. The molecule has 30 heavy (non-hydrogen) atoms. The monoisotopic (exact) mass is 420 g/mol. The average Bonchev–Trinajstić information content (AvgIpc) is 3.56. The minimum absolute atomic E-state index is 0.144. The quantitative estimate of drug-likeness (QED) is 0.496. The number of hydrogen-bond acceptors (Lipinski definition) is 7. The first-order valence-electron chi connectivity index (χ1n) is 9.28. The van der Waals surface area contributed by atoms with Crippen molar-refractivity contribution in [2.24, 2.45) is 5.10 Å². The van der Waals surface area contributed by atoms with E-state index in [1.54, 1.807) is 41.9 Å². The molecule has 0 radical (unpaired) electrons. The number of para-hydroxylation sites is 1. The van der Waals surface area contributed by atoms with Crippen LogP contribution in [0.3, 0.4) is 0 Å². The number of carbonyl (C=O) groups is 2. The van der Waals surface area contributed by atoms with Crippen molar-refractivity contribution in [2.75, 3.05) is 6.61 Å². The summed E-state index contributed by atoms with van der Waals surface area (Å²) in [5.74, 6) is -0.476. The molecule has 1 aliphatic heterocycles. The summed E-state index contributed by atoms with van der Waals surface area (Å²) < 4.78 is 10.8. The van der Waals surface area contributed by atoms with Crippen LogP contribution >= 0.6 is 11.3 Å². The molecule has 1 N–H and O–H groups in total. The summed E-state index contributed by atoms with van der Waals surface area (Å²) in [6.45, 7) is -0.446. The number of nitrogens with zero attached hydrogens (tertiary/aromatic N) is 3. The molecule has 0 bridgehead atoms. The van der Waals surface area contributed by atoms with Gasteiger partial charge in [-0.1, -0.05) is 24.3 Å². The van der Waals surface area contributed by atoms with Crippen LogP contribution < -0.4 is 0 Å². The highest BCUT2D eigenvalue weighted by atomic mass is 32.1. The predicted octanol–water partition coefficient (Wildman–Crippen LogP) is 3.75. The number of amides is 1. The number of carbonyl (C=O) groups excluding carboxylic acids is 2. The van der Waals surface area contributed by atoms with Gasteiger partial charge in [0.15, 0.2) is 12.3 Å². The maximum atomic E-state index is 12.9. The predicted molar refractivity (Wildman–Crippen MR) is 110 cm³/mol. The number of rotatable bonds is 5. The molecule has 0 aliphatic carbocycles. The van der Waals surface area contributed by atoms with Gasteiger partial charge < -0.3 is 9.15 Å². The van der Waals surface area contributed by atoms with Gasteiger partial charge >= 0.3 is 5.97 Å². The summed E-state index contributed by atoms with van der Waals surface area (Å²) in [5, 5.41) is 15.2. The van der Waals surface area contributed by atoms with Gasteiger partial charge in [-0.3, -0.25) is 9.89 Å². The second-order valence-electron chi connectivity index (χ2n) is 6.69. The summed E-state index contributed by atoms with van der Waals surface area (Å²) in [6.07, 6.45) is 2.08. The SMILES string of the molecule is O=C(OCC(=O)N1N=C(c2cccs2)CC1c1ccco1)c1n[nH]c2ccccc12. The van der Waals surface area contributed by atoms with Gasteiger partial charge in [0, 0.05) is 11.8 Å². The molecule has 4 aromatic rings. The van der Waals surface area contributed by atoms with Crippen molar-refractivity contribution < 1.29 is 18.7 Å². The molecular weight excluding hydrogens is 404 g/mol. The molecule has 0 saturated heterocycles. The van der Waals surface area contributed by atoms with Gasteiger partial charge in [0.1, 0.15) is 11.8 Å². The van der Waals surface area contributed by atoms with E-state index in [0.29, 0.717) is 17.6 Å². The standard InChI is InChI=1S/C21H16N4O4S/c26-19(12-29-21(27)20-13-5-1-2-6-14(13)22-23-20)25-16(17-7-3-9-28-17)11-15(24-25)18-8-4-10-30-18/h1-10,16H,11-12H2,(H,22,23). The van der Waals surface area contributed by atoms with E-state index in [4.69, 9.17) is 9.15 Å². The first kappa shape index (κ1) is 18.3. The molecule has 9 heteroatoms. The maximum Gasteiger partial charge on any atom is 0.359 e. The molecular formula is C21H16N4O4S. The van der Waals surface area contributed by atoms with Crippen molar-refractivity contribution in [2.45, 2.75) is 12.5 Å². The highest BCUT2D eigenvalue weighted by Crippen LogP contribution is 2.34. The van der Waals surface area contributed by atoms with Gasteiger partial charge in [0.05, 0.1) is 22.4 Å². The van der Waals surface area contributed by atoms with Gasteiger partial charge in [-0.05, 0) is 29.6 Å². The van der Waals surface area contributed by atoms with Crippen molar-refractivity contribution in [1.29, 1.82) is 0 Å². The van der Waals surface area contributed by atoms with Gasteiger partial charge in [0.2, 0.25) is 0 Å². The lowest BCUT2D eigenvalue weighted by Crippen LogP contribution is -2.31. The number of hydrazone groups is 1. The Morgan fingerprint density at radius 1 is 1.20 bits per heavy atom. The molecule has 1 atom stereocenters. The Bertz CT molecular complexity index is 1230. The van der Waals surface area contributed by atoms with Gasteiger partial charge in [0.25, 0.3) is 5.91 Å². The number of nitrogens with one attached hydrogen (secondary N) is 1. The Morgan fingerprint density at radius 3 is 2.90 bits per heavy atom. The lowest BCUT2D eigenvalue weighted by molar-refractivity contribution is -0.136. The van der Waals surface area contributed by atoms with Gasteiger partial charge in [-0.15, -0.1) is 11.3 Å². The summed E-state index contributed by atoms with van der Waals surface area (Å²) in [7, 11) is 0. The fourth-order valence-electron chi connectivity index (χ4n) is 3.42. The second kappa shape index (κ2) is 7.60. The fraction of sp³-hybridized carbons (Fsp3) is 0.143. The number of benzene rings is 1. The third-order valence-corrected chi connectivity index (χ3v) is 5.75. The van der Waals surface area contributed by atoms with Crippen LogP contribution in [0.2, 0.25) is 0 Å². The Morgan fingerprint density at radius 2 is 2.10 bits per heavy atom. The van der Waals surface area contributed by atoms with Crippen LogP contribution in [0.15, 0.2) is 69.7 Å². The summed E-state index contributed by atoms with van der Waals surface area (Å²) in [6, 6.07) is 14.3. The molecule has 1 aliphatic rings. The van der Waals surface area contributed by atoms with Crippen molar-refractivity contribution >= 4 is 39.8 Å². The number of hydrogen-bond donors (Lipinski definition) is 1. The molecule has 0 saturated carbocycles. The van der Waals surface area contributed by atoms with Crippen LogP contribution in [-0.2, 0) is 9.53 Å². The molecule has 1 unspecified atom stereocenters. The number of fused-ring (bicyclic) bond motifs is 1. The van der Waals surface area contributed by atoms with Crippen LogP contribution in [0.25, 0.3) is 10.9 Å².